The summed E-state index contributed by atoms with van der Waals surface area (Å²) in [6, 6.07) is 0. The zero-order valence-corrected chi connectivity index (χ0v) is 35.4. The zero-order valence-electron chi connectivity index (χ0n) is 35.4. The van der Waals surface area contributed by atoms with Crippen LogP contribution in [0.15, 0.2) is 122 Å². The Bertz CT molecular complexity index is 1110. The van der Waals surface area contributed by atoms with Crippen LogP contribution >= 0.6 is 0 Å². The summed E-state index contributed by atoms with van der Waals surface area (Å²) in [5, 5.41) is 9.61. The molecule has 0 radical (unpaired) electrons. The lowest BCUT2D eigenvalue weighted by Gasteiger charge is -2.15. The first-order chi connectivity index (χ1) is 27.2. The topological polar surface area (TPSA) is 55.8 Å². The summed E-state index contributed by atoms with van der Waals surface area (Å²) >= 11 is 0. The van der Waals surface area contributed by atoms with Crippen LogP contribution in [0.2, 0.25) is 0 Å². The van der Waals surface area contributed by atoms with Gasteiger partial charge in [-0.15, -0.1) is 0 Å². The minimum atomic E-state index is -0.562. The molecule has 0 aromatic heterocycles. The number of hydrogen-bond donors (Lipinski definition) is 1. The summed E-state index contributed by atoms with van der Waals surface area (Å²) in [7, 11) is 0. The molecule has 1 N–H and O–H groups in total. The Labute approximate surface area is 339 Å². The lowest BCUT2D eigenvalue weighted by molar-refractivity contribution is -0.154. The predicted octanol–water partition coefficient (Wildman–Crippen LogP) is 14.9. The number of ether oxygens (including phenoxy) is 2. The van der Waals surface area contributed by atoms with Crippen LogP contribution in [0.25, 0.3) is 0 Å². The number of carbonyl (C=O) groups is 1. The minimum absolute atomic E-state index is 0.195. The van der Waals surface area contributed by atoms with Gasteiger partial charge in [0.05, 0.1) is 13.2 Å². The molecule has 55 heavy (non-hydrogen) atoms. The number of aliphatic hydroxyl groups excluding tert-OH is 1. The lowest BCUT2D eigenvalue weighted by Crippen LogP contribution is -2.27. The molecule has 310 valence electrons. The molecule has 0 rings (SSSR count). The highest BCUT2D eigenvalue weighted by atomic mass is 16.6. The summed E-state index contributed by atoms with van der Waals surface area (Å²) < 4.78 is 11.1. The van der Waals surface area contributed by atoms with Crippen molar-refractivity contribution >= 4 is 5.97 Å². The summed E-state index contributed by atoms with van der Waals surface area (Å²) in [6.45, 7) is 5.04. The number of aliphatic hydroxyl groups is 1. The summed E-state index contributed by atoms with van der Waals surface area (Å²) in [5.74, 6) is -0.228. The highest BCUT2D eigenvalue weighted by Gasteiger charge is 2.13. The third-order valence-corrected chi connectivity index (χ3v) is 8.78. The number of hydrogen-bond acceptors (Lipinski definition) is 4. The maximum atomic E-state index is 12.2. The van der Waals surface area contributed by atoms with Crippen LogP contribution in [0.3, 0.4) is 0 Å². The van der Waals surface area contributed by atoms with Crippen LogP contribution in [0.4, 0.5) is 0 Å². The average Bonchev–Trinajstić information content (AvgIpc) is 3.19. The molecule has 0 aliphatic carbocycles. The second-order valence-corrected chi connectivity index (χ2v) is 14.0. The van der Waals surface area contributed by atoms with Crippen molar-refractivity contribution in [3.63, 3.8) is 0 Å². The van der Waals surface area contributed by atoms with Gasteiger partial charge >= 0.3 is 5.97 Å². The number of unbranched alkanes of at least 4 members (excludes halogenated alkanes) is 11. The Kier molecular flexibility index (Phi) is 44.2. The van der Waals surface area contributed by atoms with Crippen LogP contribution in [0.1, 0.15) is 168 Å². The highest BCUT2D eigenvalue weighted by Crippen LogP contribution is 2.11. The smallest absolute Gasteiger partial charge is 0.306 e. The predicted molar refractivity (Wildman–Crippen MR) is 241 cm³/mol. The van der Waals surface area contributed by atoms with Gasteiger partial charge in [-0.05, 0) is 103 Å². The van der Waals surface area contributed by atoms with E-state index in [9.17, 15) is 9.90 Å². The number of rotatable bonds is 39. The average molecular weight is 759 g/mol. The minimum Gasteiger partial charge on any atom is -0.457 e. The Morgan fingerprint density at radius 1 is 0.436 bits per heavy atom. The molecule has 0 saturated heterocycles. The van der Waals surface area contributed by atoms with Crippen molar-refractivity contribution in [1.29, 1.82) is 0 Å². The van der Waals surface area contributed by atoms with Crippen molar-refractivity contribution in [2.24, 2.45) is 0 Å². The van der Waals surface area contributed by atoms with E-state index >= 15 is 0 Å². The molecule has 1 atom stereocenters. The van der Waals surface area contributed by atoms with Crippen molar-refractivity contribution in [3.05, 3.63) is 122 Å². The Morgan fingerprint density at radius 2 is 0.764 bits per heavy atom. The van der Waals surface area contributed by atoms with Crippen molar-refractivity contribution < 1.29 is 19.4 Å². The number of esters is 1. The van der Waals surface area contributed by atoms with Gasteiger partial charge in [0.2, 0.25) is 0 Å². The first-order valence-corrected chi connectivity index (χ1v) is 22.1. The Hall–Kier alpha value is -3.21. The maximum Gasteiger partial charge on any atom is 0.306 e. The van der Waals surface area contributed by atoms with Gasteiger partial charge in [0.15, 0.2) is 0 Å². The molecule has 0 aromatic rings. The van der Waals surface area contributed by atoms with Crippen molar-refractivity contribution in [2.75, 3.05) is 19.8 Å². The van der Waals surface area contributed by atoms with Gasteiger partial charge < -0.3 is 14.6 Å². The van der Waals surface area contributed by atoms with Crippen LogP contribution in [-0.2, 0) is 14.3 Å². The molecule has 1 unspecified atom stereocenters. The van der Waals surface area contributed by atoms with Crippen molar-refractivity contribution in [3.8, 4) is 0 Å². The van der Waals surface area contributed by atoms with Crippen molar-refractivity contribution in [1.82, 2.24) is 0 Å². The second kappa shape index (κ2) is 46.9. The van der Waals surface area contributed by atoms with Crippen molar-refractivity contribution in [2.45, 2.75) is 174 Å². The molecule has 0 saturated carbocycles. The van der Waals surface area contributed by atoms with E-state index in [1.807, 2.05) is 0 Å². The second-order valence-electron chi connectivity index (χ2n) is 14.0. The van der Waals surface area contributed by atoms with Gasteiger partial charge in [-0.25, -0.2) is 0 Å². The SMILES string of the molecule is CC/C=C\C/C=C\C/C=C\C/C=C\C/C=C\C/C=C\CCCCCCCCC(=O)OC(CO)COCCCCCCC/C=C\C/C=C\C/C=C\C/C=C\CC. The first-order valence-electron chi connectivity index (χ1n) is 22.1. The molecule has 0 amide bonds. The van der Waals surface area contributed by atoms with Gasteiger partial charge in [-0.3, -0.25) is 4.79 Å². The van der Waals surface area contributed by atoms with Gasteiger partial charge in [0.1, 0.15) is 6.10 Å². The molecule has 0 heterocycles. The Morgan fingerprint density at radius 3 is 1.15 bits per heavy atom. The molecule has 0 aliphatic rings. The van der Waals surface area contributed by atoms with E-state index in [1.54, 1.807) is 0 Å². The molecule has 4 heteroatoms. The van der Waals surface area contributed by atoms with Gasteiger partial charge in [-0.1, -0.05) is 180 Å². The lowest BCUT2D eigenvalue weighted by atomic mass is 10.1. The summed E-state index contributed by atoms with van der Waals surface area (Å²) in [4.78, 5) is 12.2. The van der Waals surface area contributed by atoms with E-state index in [0.717, 1.165) is 109 Å². The van der Waals surface area contributed by atoms with Gasteiger partial charge in [0.25, 0.3) is 0 Å². The monoisotopic (exact) mass is 759 g/mol. The van der Waals surface area contributed by atoms with Crippen LogP contribution in [0.5, 0.6) is 0 Å². The fraction of sp³-hybridized carbons (Fsp3) is 0.588. The third-order valence-electron chi connectivity index (χ3n) is 8.78. The molecule has 0 spiro atoms. The molecule has 4 nitrogen and oxygen atoms in total. The number of carbonyl (C=O) groups excluding carboxylic acids is 1. The normalized spacial score (nSPS) is 13.6. The van der Waals surface area contributed by atoms with Crippen LogP contribution < -0.4 is 0 Å². The van der Waals surface area contributed by atoms with Gasteiger partial charge in [0, 0.05) is 13.0 Å². The van der Waals surface area contributed by atoms with Crippen LogP contribution in [0, 0.1) is 0 Å². The largest absolute Gasteiger partial charge is 0.457 e. The summed E-state index contributed by atoms with van der Waals surface area (Å²) in [5.41, 5.74) is 0. The third kappa shape index (κ3) is 45.1. The van der Waals surface area contributed by atoms with E-state index in [1.165, 1.54) is 38.5 Å². The molecule has 0 aliphatic heterocycles. The van der Waals surface area contributed by atoms with Gasteiger partial charge in [-0.2, -0.15) is 0 Å². The Balaban J connectivity index is 3.58. The van der Waals surface area contributed by atoms with E-state index in [4.69, 9.17) is 9.47 Å². The first kappa shape index (κ1) is 51.8. The van der Waals surface area contributed by atoms with Crippen LogP contribution in [-0.4, -0.2) is 37.0 Å². The van der Waals surface area contributed by atoms with E-state index in [2.05, 4.69) is 135 Å². The fourth-order valence-corrected chi connectivity index (χ4v) is 5.56. The van der Waals surface area contributed by atoms with E-state index < -0.39 is 6.10 Å². The summed E-state index contributed by atoms with van der Waals surface area (Å²) in [6.07, 6.45) is 69.7. The standard InChI is InChI=1S/C51H82O4/c1-3-5-7-9-11-13-15-17-19-21-23-24-25-26-27-28-29-30-32-34-36-38-40-42-44-46-51(53)55-50(48-52)49-54-47-45-43-41-39-37-35-33-31-22-20-18-16-14-12-10-8-6-4-2/h5-8,11-14,17-20,23-24,26-27,29-31,33,50,52H,3-4,9-10,15-16,21-22,25,28,32,34-49H2,1-2H3/b7-5-,8-6-,13-11-,14-12-,19-17-,20-18-,24-23-,27-26-,30-29-,33-31-. The molecule has 0 aromatic carbocycles. The highest BCUT2D eigenvalue weighted by molar-refractivity contribution is 5.69. The molecular formula is C51H82O4. The van der Waals surface area contributed by atoms with E-state index in [0.29, 0.717) is 13.0 Å². The number of allylic oxidation sites excluding steroid dienone is 20. The van der Waals surface area contributed by atoms with E-state index in [-0.39, 0.29) is 19.2 Å². The zero-order chi connectivity index (χ0) is 39.8. The quantitative estimate of drug-likeness (QED) is 0.0385. The fourth-order valence-electron chi connectivity index (χ4n) is 5.56. The molecular weight excluding hydrogens is 677 g/mol. The molecule has 0 fully saturated rings. The maximum absolute atomic E-state index is 12.2. The molecule has 0 bridgehead atoms.